The number of ether oxygens (including phenoxy) is 2. The molecule has 35 heavy (non-hydrogen) atoms. The standard InChI is InChI=1S/C29H29N3O3/c30-14-6-1-7-15-31-21-12-13-28-20(16-21)17-22(35-28)18-32-29(33)34-19-27-25-10-4-2-8-23(25)24-9-3-5-11-26(24)27/h2-5,8-13,16,22,27,31H,1,6-7,15,17-19H2,(H,32,33). The van der Waals surface area contributed by atoms with E-state index in [9.17, 15) is 4.79 Å². The molecule has 6 nitrogen and oxygen atoms in total. The van der Waals surface area contributed by atoms with E-state index < -0.39 is 6.09 Å². The molecule has 1 unspecified atom stereocenters. The lowest BCUT2D eigenvalue weighted by Crippen LogP contribution is -2.35. The van der Waals surface area contributed by atoms with E-state index in [0.717, 1.165) is 42.8 Å². The summed E-state index contributed by atoms with van der Waals surface area (Å²) < 4.78 is 11.6. The minimum absolute atomic E-state index is 0.0472. The highest BCUT2D eigenvalue weighted by Crippen LogP contribution is 2.44. The summed E-state index contributed by atoms with van der Waals surface area (Å²) in [6, 6.07) is 24.9. The van der Waals surface area contributed by atoms with E-state index in [1.807, 2.05) is 36.4 Å². The third-order valence-corrected chi connectivity index (χ3v) is 6.66. The molecule has 2 N–H and O–H groups in total. The Balaban J connectivity index is 1.10. The molecule has 1 heterocycles. The zero-order valence-corrected chi connectivity index (χ0v) is 19.6. The molecule has 0 radical (unpaired) electrons. The van der Waals surface area contributed by atoms with Gasteiger partial charge in [0.05, 0.1) is 12.6 Å². The SMILES string of the molecule is N#CCCCCNc1ccc2c(c1)CC(CNC(=O)OCC1c3ccccc3-c3ccccc31)O2. The van der Waals surface area contributed by atoms with Gasteiger partial charge in [-0.05, 0) is 58.9 Å². The monoisotopic (exact) mass is 467 g/mol. The van der Waals surface area contributed by atoms with Crippen LogP contribution in [0.1, 0.15) is 41.9 Å². The molecule has 1 amide bonds. The molecule has 5 rings (SSSR count). The second-order valence-corrected chi connectivity index (χ2v) is 9.01. The first kappa shape index (κ1) is 22.8. The van der Waals surface area contributed by atoms with Crippen LogP contribution in [0.2, 0.25) is 0 Å². The van der Waals surface area contributed by atoms with E-state index in [4.69, 9.17) is 14.7 Å². The van der Waals surface area contributed by atoms with Crippen molar-refractivity contribution in [2.45, 2.75) is 37.7 Å². The van der Waals surface area contributed by atoms with Gasteiger partial charge >= 0.3 is 6.09 Å². The molecule has 1 aliphatic carbocycles. The molecule has 0 saturated heterocycles. The lowest BCUT2D eigenvalue weighted by atomic mass is 9.98. The fourth-order valence-corrected chi connectivity index (χ4v) is 4.95. The van der Waals surface area contributed by atoms with Gasteiger partial charge in [0.2, 0.25) is 0 Å². The number of anilines is 1. The van der Waals surface area contributed by atoms with Gasteiger partial charge in [-0.3, -0.25) is 0 Å². The van der Waals surface area contributed by atoms with Gasteiger partial charge in [-0.2, -0.15) is 5.26 Å². The third kappa shape index (κ3) is 5.09. The quantitative estimate of drug-likeness (QED) is 0.398. The van der Waals surface area contributed by atoms with Crippen molar-refractivity contribution in [3.8, 4) is 22.9 Å². The Morgan fingerprint density at radius 1 is 1.03 bits per heavy atom. The maximum Gasteiger partial charge on any atom is 0.407 e. The minimum atomic E-state index is -0.425. The number of carbonyl (C=O) groups is 1. The van der Waals surface area contributed by atoms with E-state index in [1.54, 1.807) is 0 Å². The van der Waals surface area contributed by atoms with Crippen LogP contribution in [0.5, 0.6) is 5.75 Å². The molecule has 0 bridgehead atoms. The highest BCUT2D eigenvalue weighted by Gasteiger charge is 2.29. The second-order valence-electron chi connectivity index (χ2n) is 9.01. The summed E-state index contributed by atoms with van der Waals surface area (Å²) in [7, 11) is 0. The zero-order valence-electron chi connectivity index (χ0n) is 19.6. The molecule has 0 saturated carbocycles. The minimum Gasteiger partial charge on any atom is -0.488 e. The van der Waals surface area contributed by atoms with Crippen molar-refractivity contribution in [1.29, 1.82) is 5.26 Å². The van der Waals surface area contributed by atoms with Crippen LogP contribution in [0, 0.1) is 11.3 Å². The van der Waals surface area contributed by atoms with Crippen molar-refractivity contribution in [2.24, 2.45) is 0 Å². The van der Waals surface area contributed by atoms with E-state index in [-0.39, 0.29) is 12.0 Å². The average Bonchev–Trinajstić information content (AvgIpc) is 3.44. The number of nitrogens with zero attached hydrogens (tertiary/aromatic N) is 1. The summed E-state index contributed by atoms with van der Waals surface area (Å²) in [6.07, 6.45) is 2.67. The number of hydrogen-bond acceptors (Lipinski definition) is 5. The molecule has 3 aromatic rings. The van der Waals surface area contributed by atoms with Gasteiger partial charge < -0.3 is 20.1 Å². The highest BCUT2D eigenvalue weighted by molar-refractivity contribution is 5.79. The van der Waals surface area contributed by atoms with Gasteiger partial charge in [-0.15, -0.1) is 0 Å². The molecule has 0 spiro atoms. The first-order chi connectivity index (χ1) is 17.2. The number of nitrogens with one attached hydrogen (secondary N) is 2. The summed E-state index contributed by atoms with van der Waals surface area (Å²) in [5.41, 5.74) is 7.01. The van der Waals surface area contributed by atoms with E-state index in [2.05, 4.69) is 47.0 Å². The molecule has 2 aliphatic rings. The van der Waals surface area contributed by atoms with Gasteiger partial charge in [0.1, 0.15) is 18.5 Å². The van der Waals surface area contributed by atoms with Crippen molar-refractivity contribution in [3.05, 3.63) is 83.4 Å². The van der Waals surface area contributed by atoms with Crippen LogP contribution in [-0.2, 0) is 11.2 Å². The maximum atomic E-state index is 12.5. The Morgan fingerprint density at radius 2 is 1.77 bits per heavy atom. The number of carbonyl (C=O) groups excluding carboxylic acids is 1. The van der Waals surface area contributed by atoms with E-state index in [1.165, 1.54) is 22.3 Å². The second kappa shape index (κ2) is 10.5. The largest absolute Gasteiger partial charge is 0.488 e. The van der Waals surface area contributed by atoms with Crippen LogP contribution >= 0.6 is 0 Å². The van der Waals surface area contributed by atoms with Gasteiger partial charge in [0, 0.05) is 31.0 Å². The Labute approximate surface area is 205 Å². The van der Waals surface area contributed by atoms with Crippen molar-refractivity contribution in [2.75, 3.05) is 25.0 Å². The van der Waals surface area contributed by atoms with Crippen LogP contribution in [0.4, 0.5) is 10.5 Å². The molecule has 6 heteroatoms. The number of hydrogen-bond donors (Lipinski definition) is 2. The molecule has 1 aliphatic heterocycles. The van der Waals surface area contributed by atoms with Crippen LogP contribution in [0.15, 0.2) is 66.7 Å². The highest BCUT2D eigenvalue weighted by atomic mass is 16.5. The number of fused-ring (bicyclic) bond motifs is 4. The van der Waals surface area contributed by atoms with Crippen LogP contribution in [0.25, 0.3) is 11.1 Å². The predicted molar refractivity (Wildman–Crippen MR) is 136 cm³/mol. The van der Waals surface area contributed by atoms with Crippen LogP contribution in [0.3, 0.4) is 0 Å². The van der Waals surface area contributed by atoms with Crippen molar-refractivity contribution in [3.63, 3.8) is 0 Å². The number of rotatable bonds is 9. The lowest BCUT2D eigenvalue weighted by Gasteiger charge is -2.16. The summed E-state index contributed by atoms with van der Waals surface area (Å²) in [4.78, 5) is 12.5. The normalized spacial score (nSPS) is 15.3. The van der Waals surface area contributed by atoms with Crippen LogP contribution < -0.4 is 15.4 Å². The summed E-state index contributed by atoms with van der Waals surface area (Å²) in [6.45, 7) is 1.53. The third-order valence-electron chi connectivity index (χ3n) is 6.66. The molecule has 1 atom stereocenters. The first-order valence-electron chi connectivity index (χ1n) is 12.2. The fourth-order valence-electron chi connectivity index (χ4n) is 4.95. The number of alkyl carbamates (subject to hydrolysis) is 1. The Morgan fingerprint density at radius 3 is 2.51 bits per heavy atom. The number of amides is 1. The summed E-state index contributed by atoms with van der Waals surface area (Å²) in [5, 5.41) is 14.9. The molecule has 178 valence electrons. The van der Waals surface area contributed by atoms with Crippen molar-refractivity contribution in [1.82, 2.24) is 5.32 Å². The molecule has 0 fully saturated rings. The fraction of sp³-hybridized carbons (Fsp3) is 0.310. The average molecular weight is 468 g/mol. The lowest BCUT2D eigenvalue weighted by molar-refractivity contribution is 0.136. The molecule has 3 aromatic carbocycles. The van der Waals surface area contributed by atoms with Gasteiger partial charge in [-0.25, -0.2) is 4.79 Å². The summed E-state index contributed by atoms with van der Waals surface area (Å²) in [5.74, 6) is 0.908. The van der Waals surface area contributed by atoms with E-state index >= 15 is 0 Å². The molecular weight excluding hydrogens is 438 g/mol. The molecule has 0 aromatic heterocycles. The zero-order chi connectivity index (χ0) is 24.0. The molecular formula is C29H29N3O3. The van der Waals surface area contributed by atoms with Gasteiger partial charge in [0.25, 0.3) is 0 Å². The maximum absolute atomic E-state index is 12.5. The number of nitriles is 1. The van der Waals surface area contributed by atoms with Gasteiger partial charge in [0.15, 0.2) is 0 Å². The Bertz CT molecular complexity index is 1200. The smallest absolute Gasteiger partial charge is 0.407 e. The summed E-state index contributed by atoms with van der Waals surface area (Å²) >= 11 is 0. The Kier molecular flexibility index (Phi) is 6.85. The predicted octanol–water partition coefficient (Wildman–Crippen LogP) is 5.63. The number of benzene rings is 3. The van der Waals surface area contributed by atoms with Crippen molar-refractivity contribution < 1.29 is 14.3 Å². The first-order valence-corrected chi connectivity index (χ1v) is 12.2. The van der Waals surface area contributed by atoms with E-state index in [0.29, 0.717) is 19.6 Å². The Hall–Kier alpha value is -3.98. The van der Waals surface area contributed by atoms with Gasteiger partial charge in [-0.1, -0.05) is 48.5 Å². The van der Waals surface area contributed by atoms with Crippen molar-refractivity contribution >= 4 is 11.8 Å². The van der Waals surface area contributed by atoms with Crippen LogP contribution in [-0.4, -0.2) is 31.9 Å². The topological polar surface area (TPSA) is 83.4 Å². The number of unbranched alkanes of at least 4 members (excludes halogenated alkanes) is 2.